The van der Waals surface area contributed by atoms with Crippen molar-refractivity contribution in [3.05, 3.63) is 0 Å². The largest absolute Gasteiger partial charge is 0.454 e. The Labute approximate surface area is 136 Å². The molecule has 0 fully saturated rings. The SMILES string of the molecule is CCCCC(NC(C)O)[Si](C)(C)O[Si](C)(C)C(C)[SiH](C)C. The van der Waals surface area contributed by atoms with Gasteiger partial charge in [-0.1, -0.05) is 39.8 Å². The molecule has 3 atom stereocenters. The zero-order valence-electron chi connectivity index (χ0n) is 15.8. The third kappa shape index (κ3) is 7.56. The van der Waals surface area contributed by atoms with Gasteiger partial charge in [-0.05, 0) is 44.7 Å². The van der Waals surface area contributed by atoms with Crippen LogP contribution in [0.4, 0.5) is 0 Å². The molecule has 0 heterocycles. The second kappa shape index (κ2) is 8.98. The lowest BCUT2D eigenvalue weighted by atomic mass is 10.2. The van der Waals surface area contributed by atoms with Crippen LogP contribution in [0.1, 0.15) is 40.0 Å². The summed E-state index contributed by atoms with van der Waals surface area (Å²) in [4.78, 5) is 0. The second-order valence-electron chi connectivity index (χ2n) is 7.88. The van der Waals surface area contributed by atoms with E-state index in [1.807, 2.05) is 6.92 Å². The van der Waals surface area contributed by atoms with E-state index in [0.29, 0.717) is 5.67 Å². The number of rotatable bonds is 10. The fraction of sp³-hybridized carbons (Fsp3) is 1.00. The second-order valence-corrected chi connectivity index (χ2v) is 20.9. The number of hydrogen-bond acceptors (Lipinski definition) is 3. The Morgan fingerprint density at radius 2 is 1.62 bits per heavy atom. The molecule has 0 spiro atoms. The highest BCUT2D eigenvalue weighted by molar-refractivity contribution is 6.92. The molecule has 3 nitrogen and oxygen atoms in total. The topological polar surface area (TPSA) is 41.5 Å². The standard InChI is InChI=1S/C15H39NO2Si3/c1-10-11-12-15(16-13(2)17)21(8,9)18-20(6,7)14(3)19(4)5/h13-17,19H,10-12H2,1-9H3. The minimum absolute atomic E-state index is 0.338. The summed E-state index contributed by atoms with van der Waals surface area (Å²) in [7, 11) is -4.19. The summed E-state index contributed by atoms with van der Waals surface area (Å²) in [6.45, 7) is 20.7. The number of nitrogens with one attached hydrogen (secondary N) is 1. The minimum atomic E-state index is -1.86. The van der Waals surface area contributed by atoms with Gasteiger partial charge in [0.1, 0.15) is 6.23 Å². The molecular formula is C15H39NO2Si3. The highest BCUT2D eigenvalue weighted by atomic mass is 28.4. The first-order valence-electron chi connectivity index (χ1n) is 8.58. The van der Waals surface area contributed by atoms with E-state index >= 15 is 0 Å². The average Bonchev–Trinajstić information content (AvgIpc) is 2.31. The normalized spacial score (nSPS) is 17.9. The Bertz CT molecular complexity index is 297. The molecule has 128 valence electrons. The van der Waals surface area contributed by atoms with Crippen LogP contribution in [-0.4, -0.2) is 42.4 Å². The minimum Gasteiger partial charge on any atom is -0.454 e. The van der Waals surface area contributed by atoms with Crippen LogP contribution in [0.2, 0.25) is 44.4 Å². The molecule has 6 heteroatoms. The summed E-state index contributed by atoms with van der Waals surface area (Å²) in [5.41, 5.74) is 0.338. The van der Waals surface area contributed by atoms with Crippen molar-refractivity contribution in [2.75, 3.05) is 0 Å². The van der Waals surface area contributed by atoms with Crippen LogP contribution in [0.5, 0.6) is 0 Å². The van der Waals surface area contributed by atoms with Crippen LogP contribution >= 0.6 is 0 Å². The molecule has 0 bridgehead atoms. The van der Waals surface area contributed by atoms with E-state index in [1.165, 1.54) is 12.8 Å². The maximum absolute atomic E-state index is 9.75. The lowest BCUT2D eigenvalue weighted by Gasteiger charge is -2.43. The molecule has 0 rings (SSSR count). The molecule has 0 saturated heterocycles. The molecule has 0 radical (unpaired) electrons. The lowest BCUT2D eigenvalue weighted by molar-refractivity contribution is 0.146. The zero-order chi connectivity index (χ0) is 16.8. The number of hydrogen-bond donors (Lipinski definition) is 2. The van der Waals surface area contributed by atoms with Crippen molar-refractivity contribution in [1.82, 2.24) is 5.32 Å². The smallest absolute Gasteiger partial charge is 0.190 e. The van der Waals surface area contributed by atoms with Crippen LogP contribution in [0.15, 0.2) is 0 Å². The van der Waals surface area contributed by atoms with Gasteiger partial charge < -0.3 is 9.22 Å². The fourth-order valence-electron chi connectivity index (χ4n) is 2.98. The van der Waals surface area contributed by atoms with E-state index in [9.17, 15) is 5.11 Å². The van der Waals surface area contributed by atoms with E-state index in [4.69, 9.17) is 4.12 Å². The van der Waals surface area contributed by atoms with Crippen LogP contribution in [-0.2, 0) is 4.12 Å². The van der Waals surface area contributed by atoms with Crippen LogP contribution in [0.25, 0.3) is 0 Å². The molecule has 0 aliphatic heterocycles. The Morgan fingerprint density at radius 1 is 1.10 bits per heavy atom. The van der Waals surface area contributed by atoms with Gasteiger partial charge in [-0.3, -0.25) is 5.32 Å². The maximum Gasteiger partial charge on any atom is 0.190 e. The molecule has 2 N–H and O–H groups in total. The molecule has 0 aromatic carbocycles. The summed E-state index contributed by atoms with van der Waals surface area (Å²) < 4.78 is 6.85. The molecule has 3 unspecified atom stereocenters. The summed E-state index contributed by atoms with van der Waals surface area (Å²) >= 11 is 0. The lowest BCUT2D eigenvalue weighted by Crippen LogP contribution is -2.60. The van der Waals surface area contributed by atoms with Gasteiger partial charge in [-0.25, -0.2) is 0 Å². The van der Waals surface area contributed by atoms with Crippen molar-refractivity contribution >= 4 is 25.4 Å². The van der Waals surface area contributed by atoms with Crippen molar-refractivity contribution in [2.45, 2.75) is 96.4 Å². The molecule has 0 saturated carbocycles. The first kappa shape index (κ1) is 21.5. The molecule has 0 amide bonds. The number of unbranched alkanes of at least 4 members (excludes halogenated alkanes) is 1. The van der Waals surface area contributed by atoms with Gasteiger partial charge in [0.15, 0.2) is 16.6 Å². The zero-order valence-corrected chi connectivity index (χ0v) is 18.9. The van der Waals surface area contributed by atoms with Gasteiger partial charge in [0.2, 0.25) is 0 Å². The Kier molecular flexibility index (Phi) is 9.21. The van der Waals surface area contributed by atoms with Crippen molar-refractivity contribution in [3.63, 3.8) is 0 Å². The highest BCUT2D eigenvalue weighted by Gasteiger charge is 2.42. The fourth-order valence-corrected chi connectivity index (χ4v) is 18.3. The highest BCUT2D eigenvalue weighted by Crippen LogP contribution is 2.30. The van der Waals surface area contributed by atoms with Crippen LogP contribution in [0, 0.1) is 0 Å². The van der Waals surface area contributed by atoms with E-state index in [0.717, 1.165) is 11.6 Å². The molecular weight excluding hydrogens is 310 g/mol. The third-order valence-electron chi connectivity index (χ3n) is 4.75. The first-order valence-corrected chi connectivity index (χ1v) is 17.5. The predicted octanol–water partition coefficient (Wildman–Crippen LogP) is 3.86. The van der Waals surface area contributed by atoms with Gasteiger partial charge in [0, 0.05) is 14.5 Å². The monoisotopic (exact) mass is 349 g/mol. The number of aliphatic hydroxyl groups is 1. The quantitative estimate of drug-likeness (QED) is 0.465. The van der Waals surface area contributed by atoms with E-state index in [1.54, 1.807) is 0 Å². The third-order valence-corrected chi connectivity index (χ3v) is 19.7. The Balaban J connectivity index is 5.01. The number of aliphatic hydroxyl groups excluding tert-OH is 1. The van der Waals surface area contributed by atoms with E-state index in [2.05, 4.69) is 58.4 Å². The Morgan fingerprint density at radius 3 is 2.00 bits per heavy atom. The molecule has 21 heavy (non-hydrogen) atoms. The summed E-state index contributed by atoms with van der Waals surface area (Å²) in [6.07, 6.45) is 3.04. The van der Waals surface area contributed by atoms with Gasteiger partial charge in [-0.2, -0.15) is 0 Å². The van der Waals surface area contributed by atoms with E-state index < -0.39 is 31.7 Å². The summed E-state index contributed by atoms with van der Waals surface area (Å²) in [5, 5.41) is 13.9. The average molecular weight is 350 g/mol. The van der Waals surface area contributed by atoms with Crippen molar-refractivity contribution < 1.29 is 9.22 Å². The molecule has 0 aliphatic carbocycles. The van der Waals surface area contributed by atoms with E-state index in [-0.39, 0.29) is 0 Å². The van der Waals surface area contributed by atoms with Crippen LogP contribution < -0.4 is 5.32 Å². The molecule has 0 aliphatic rings. The summed E-state index contributed by atoms with van der Waals surface area (Å²) in [5.74, 6) is 0. The van der Waals surface area contributed by atoms with Crippen molar-refractivity contribution in [1.29, 1.82) is 0 Å². The first-order chi connectivity index (χ1) is 9.44. The van der Waals surface area contributed by atoms with Crippen molar-refractivity contribution in [3.8, 4) is 0 Å². The van der Waals surface area contributed by atoms with Gasteiger partial charge in [0.05, 0.1) is 0 Å². The summed E-state index contributed by atoms with van der Waals surface area (Å²) in [6, 6.07) is 0. The van der Waals surface area contributed by atoms with Gasteiger partial charge >= 0.3 is 0 Å². The molecule has 0 aromatic heterocycles. The van der Waals surface area contributed by atoms with Crippen LogP contribution in [0.3, 0.4) is 0 Å². The van der Waals surface area contributed by atoms with Gasteiger partial charge in [0.25, 0.3) is 0 Å². The van der Waals surface area contributed by atoms with Crippen molar-refractivity contribution in [2.24, 2.45) is 0 Å². The maximum atomic E-state index is 9.75. The molecule has 0 aromatic rings. The Hall–Kier alpha value is 0.531. The predicted molar refractivity (Wildman–Crippen MR) is 102 cm³/mol. The van der Waals surface area contributed by atoms with Gasteiger partial charge in [-0.15, -0.1) is 0 Å².